The normalized spacial score (nSPS) is 21.4. The average molecular weight is 429 g/mol. The Hall–Kier alpha value is -2.41. The van der Waals surface area contributed by atoms with Crippen LogP contribution >= 0.6 is 11.6 Å². The Morgan fingerprint density at radius 1 is 1.20 bits per heavy atom. The van der Waals surface area contributed by atoms with Gasteiger partial charge in [0.2, 0.25) is 11.9 Å². The summed E-state index contributed by atoms with van der Waals surface area (Å²) in [5.74, 6) is 4.08. The van der Waals surface area contributed by atoms with E-state index in [4.69, 9.17) is 11.6 Å². The highest BCUT2D eigenvalue weighted by Gasteiger charge is 2.43. The van der Waals surface area contributed by atoms with Crippen molar-refractivity contribution in [2.24, 2.45) is 17.8 Å². The van der Waals surface area contributed by atoms with Crippen molar-refractivity contribution >= 4 is 35.0 Å². The molecular formula is C22H29ClN6O. The number of piperidine rings is 1. The Labute approximate surface area is 182 Å². The Bertz CT molecular complexity index is 882. The number of carbonyl (C=O) groups is 1. The number of pyridine rings is 1. The van der Waals surface area contributed by atoms with Gasteiger partial charge in [-0.25, -0.2) is 15.0 Å². The van der Waals surface area contributed by atoms with Gasteiger partial charge in [-0.15, -0.1) is 0 Å². The molecule has 1 aliphatic carbocycles. The van der Waals surface area contributed by atoms with Gasteiger partial charge in [0.05, 0.1) is 29.3 Å². The number of carbonyl (C=O) groups excluding carboxylic acids is 1. The molecule has 1 aliphatic heterocycles. The van der Waals surface area contributed by atoms with Crippen LogP contribution in [0.3, 0.4) is 0 Å². The molecule has 2 fully saturated rings. The highest BCUT2D eigenvalue weighted by Crippen LogP contribution is 2.49. The second-order valence-electron chi connectivity index (χ2n) is 8.47. The van der Waals surface area contributed by atoms with Gasteiger partial charge in [-0.05, 0) is 62.0 Å². The van der Waals surface area contributed by atoms with Crippen molar-refractivity contribution in [1.29, 1.82) is 0 Å². The summed E-state index contributed by atoms with van der Waals surface area (Å²) in [4.78, 5) is 26.6. The van der Waals surface area contributed by atoms with Crippen LogP contribution in [-0.2, 0) is 4.79 Å². The van der Waals surface area contributed by atoms with Crippen LogP contribution in [0.5, 0.6) is 0 Å². The SMILES string of the molecule is CC(=O)Nc1cnc(NCC[C@@H]2C[C@@H]2C2CCN(c3ncc(Cl)cn3)CC2)cc1C. The number of anilines is 3. The lowest BCUT2D eigenvalue weighted by Crippen LogP contribution is -2.35. The third-order valence-corrected chi connectivity index (χ3v) is 6.45. The molecular weight excluding hydrogens is 400 g/mol. The van der Waals surface area contributed by atoms with Crippen LogP contribution in [0.4, 0.5) is 17.5 Å². The quantitative estimate of drug-likeness (QED) is 0.689. The lowest BCUT2D eigenvalue weighted by molar-refractivity contribution is -0.114. The lowest BCUT2D eigenvalue weighted by Gasteiger charge is -2.32. The fraction of sp³-hybridized carbons (Fsp3) is 0.545. The topological polar surface area (TPSA) is 83.0 Å². The Kier molecular flexibility index (Phi) is 6.37. The van der Waals surface area contributed by atoms with Crippen molar-refractivity contribution in [3.05, 3.63) is 35.2 Å². The molecule has 160 valence electrons. The van der Waals surface area contributed by atoms with Gasteiger partial charge in [-0.1, -0.05) is 11.6 Å². The maximum absolute atomic E-state index is 11.2. The van der Waals surface area contributed by atoms with Gasteiger partial charge in [-0.2, -0.15) is 0 Å². The van der Waals surface area contributed by atoms with E-state index < -0.39 is 0 Å². The van der Waals surface area contributed by atoms with Crippen molar-refractivity contribution in [1.82, 2.24) is 15.0 Å². The first-order valence-corrected chi connectivity index (χ1v) is 11.1. The van der Waals surface area contributed by atoms with Crippen LogP contribution in [0.25, 0.3) is 0 Å². The maximum Gasteiger partial charge on any atom is 0.225 e. The molecule has 2 aromatic rings. The molecule has 8 heteroatoms. The van der Waals surface area contributed by atoms with Crippen molar-refractivity contribution in [2.75, 3.05) is 35.2 Å². The number of amides is 1. The van der Waals surface area contributed by atoms with E-state index in [1.54, 1.807) is 18.6 Å². The number of aromatic nitrogens is 3. The molecule has 30 heavy (non-hydrogen) atoms. The minimum atomic E-state index is -0.0769. The molecule has 7 nitrogen and oxygen atoms in total. The highest BCUT2D eigenvalue weighted by molar-refractivity contribution is 6.30. The second-order valence-corrected chi connectivity index (χ2v) is 8.90. The predicted octanol–water partition coefficient (Wildman–Crippen LogP) is 4.15. The van der Waals surface area contributed by atoms with E-state index in [9.17, 15) is 4.79 Å². The van der Waals surface area contributed by atoms with Crippen LogP contribution in [0, 0.1) is 24.7 Å². The number of nitrogens with zero attached hydrogens (tertiary/aromatic N) is 4. The zero-order chi connectivity index (χ0) is 21.1. The molecule has 0 bridgehead atoms. The predicted molar refractivity (Wildman–Crippen MR) is 120 cm³/mol. The summed E-state index contributed by atoms with van der Waals surface area (Å²) in [7, 11) is 0. The molecule has 1 amide bonds. The minimum absolute atomic E-state index is 0.0769. The van der Waals surface area contributed by atoms with Gasteiger partial charge in [0.25, 0.3) is 0 Å². The van der Waals surface area contributed by atoms with Gasteiger partial charge in [-0.3, -0.25) is 4.79 Å². The zero-order valence-corrected chi connectivity index (χ0v) is 18.3. The third kappa shape index (κ3) is 5.19. The number of hydrogen-bond donors (Lipinski definition) is 2. The second kappa shape index (κ2) is 9.16. The molecule has 3 heterocycles. The first-order chi connectivity index (χ1) is 14.5. The summed E-state index contributed by atoms with van der Waals surface area (Å²) >= 11 is 5.89. The van der Waals surface area contributed by atoms with Crippen LogP contribution in [0.1, 0.15) is 38.2 Å². The summed E-state index contributed by atoms with van der Waals surface area (Å²) in [6.45, 7) is 6.48. The summed E-state index contributed by atoms with van der Waals surface area (Å²) in [6.07, 6.45) is 10.0. The van der Waals surface area contributed by atoms with E-state index in [0.29, 0.717) is 5.02 Å². The van der Waals surface area contributed by atoms with Crippen LogP contribution in [0.15, 0.2) is 24.7 Å². The molecule has 0 aromatic carbocycles. The molecule has 0 unspecified atom stereocenters. The van der Waals surface area contributed by atoms with E-state index in [-0.39, 0.29) is 5.91 Å². The van der Waals surface area contributed by atoms with Gasteiger partial charge in [0, 0.05) is 26.6 Å². The number of hydrogen-bond acceptors (Lipinski definition) is 6. The molecule has 4 rings (SSSR count). The molecule has 1 saturated heterocycles. The van der Waals surface area contributed by atoms with E-state index in [1.165, 1.54) is 32.6 Å². The highest BCUT2D eigenvalue weighted by atomic mass is 35.5. The molecule has 2 aromatic heterocycles. The summed E-state index contributed by atoms with van der Waals surface area (Å²) in [5, 5.41) is 6.81. The average Bonchev–Trinajstić information content (AvgIpc) is 3.50. The largest absolute Gasteiger partial charge is 0.370 e. The van der Waals surface area contributed by atoms with Crippen molar-refractivity contribution < 1.29 is 4.79 Å². The van der Waals surface area contributed by atoms with Gasteiger partial charge in [0.15, 0.2) is 0 Å². The Morgan fingerprint density at radius 2 is 1.93 bits per heavy atom. The van der Waals surface area contributed by atoms with Crippen molar-refractivity contribution in [2.45, 2.75) is 39.5 Å². The number of nitrogens with one attached hydrogen (secondary N) is 2. The third-order valence-electron chi connectivity index (χ3n) is 6.25. The molecule has 2 atom stereocenters. The van der Waals surface area contributed by atoms with Crippen LogP contribution in [0.2, 0.25) is 5.02 Å². The number of aryl methyl sites for hydroxylation is 1. The van der Waals surface area contributed by atoms with E-state index in [2.05, 4.69) is 30.5 Å². The molecule has 0 radical (unpaired) electrons. The molecule has 1 saturated carbocycles. The monoisotopic (exact) mass is 428 g/mol. The fourth-order valence-electron chi connectivity index (χ4n) is 4.54. The first-order valence-electron chi connectivity index (χ1n) is 10.7. The van der Waals surface area contributed by atoms with E-state index in [0.717, 1.165) is 60.4 Å². The Balaban J connectivity index is 1.18. The maximum atomic E-state index is 11.2. The van der Waals surface area contributed by atoms with Gasteiger partial charge in [0.1, 0.15) is 5.82 Å². The molecule has 0 spiro atoms. The fourth-order valence-corrected chi connectivity index (χ4v) is 4.63. The summed E-state index contributed by atoms with van der Waals surface area (Å²) in [5.41, 5.74) is 1.79. The molecule has 2 N–H and O–H groups in total. The number of rotatable bonds is 7. The standard InChI is InChI=1S/C22H29ClN6O/c1-14-9-21(25-13-20(14)28-15(2)30)24-6-3-17-10-19(17)16-4-7-29(8-5-16)22-26-11-18(23)12-27-22/h9,11-13,16-17,19H,3-8,10H2,1-2H3,(H,24,25)(H,28,30)/t17-,19-/m1/s1. The van der Waals surface area contributed by atoms with Crippen molar-refractivity contribution in [3.8, 4) is 0 Å². The lowest BCUT2D eigenvalue weighted by atomic mass is 9.90. The first kappa shape index (κ1) is 20.8. The Morgan fingerprint density at radius 3 is 2.60 bits per heavy atom. The van der Waals surface area contributed by atoms with Gasteiger partial charge >= 0.3 is 0 Å². The summed E-state index contributed by atoms with van der Waals surface area (Å²) < 4.78 is 0. The van der Waals surface area contributed by atoms with Gasteiger partial charge < -0.3 is 15.5 Å². The smallest absolute Gasteiger partial charge is 0.225 e. The van der Waals surface area contributed by atoms with Crippen LogP contribution < -0.4 is 15.5 Å². The van der Waals surface area contributed by atoms with E-state index in [1.807, 2.05) is 13.0 Å². The number of halogens is 1. The molecule has 2 aliphatic rings. The summed E-state index contributed by atoms with van der Waals surface area (Å²) in [6, 6.07) is 1.99. The zero-order valence-electron chi connectivity index (χ0n) is 17.6. The van der Waals surface area contributed by atoms with E-state index >= 15 is 0 Å². The van der Waals surface area contributed by atoms with Crippen LogP contribution in [-0.4, -0.2) is 40.5 Å². The van der Waals surface area contributed by atoms with Crippen molar-refractivity contribution in [3.63, 3.8) is 0 Å². The minimum Gasteiger partial charge on any atom is -0.370 e.